The predicted molar refractivity (Wildman–Crippen MR) is 74.8 cm³/mol. The minimum Gasteiger partial charge on any atom is -0.481 e. The van der Waals surface area contributed by atoms with Crippen molar-refractivity contribution in [3.8, 4) is 0 Å². The molecule has 0 aromatic carbocycles. The van der Waals surface area contributed by atoms with Crippen molar-refractivity contribution in [1.82, 2.24) is 9.97 Å². The largest absolute Gasteiger partial charge is 0.481 e. The van der Waals surface area contributed by atoms with Gasteiger partial charge >= 0.3 is 5.97 Å². The lowest BCUT2D eigenvalue weighted by Gasteiger charge is -2.15. The van der Waals surface area contributed by atoms with Gasteiger partial charge in [-0.25, -0.2) is 9.97 Å². The van der Waals surface area contributed by atoms with Crippen molar-refractivity contribution < 1.29 is 9.90 Å². The molecule has 1 saturated heterocycles. The molecule has 1 aliphatic heterocycles. The number of aliphatic carboxylic acids is 1. The summed E-state index contributed by atoms with van der Waals surface area (Å²) in [5, 5.41) is 9.54. The maximum Gasteiger partial charge on any atom is 0.303 e. The van der Waals surface area contributed by atoms with Crippen molar-refractivity contribution in [2.75, 3.05) is 18.0 Å². The Hall–Kier alpha value is -1.69. The summed E-state index contributed by atoms with van der Waals surface area (Å²) in [6.07, 6.45) is 3.06. The number of aryl methyl sites for hydroxylation is 1. The number of aromatic nitrogens is 2. The molecule has 19 heavy (non-hydrogen) atoms. The minimum absolute atomic E-state index is 0.124. The van der Waals surface area contributed by atoms with Gasteiger partial charge in [-0.2, -0.15) is 0 Å². The first-order chi connectivity index (χ1) is 9.22. The third-order valence-electron chi connectivity index (χ3n) is 3.27. The Kier molecular flexibility index (Phi) is 3.33. The number of hydrogen-bond donors (Lipinski definition) is 1. The van der Waals surface area contributed by atoms with Crippen molar-refractivity contribution in [3.63, 3.8) is 0 Å². The van der Waals surface area contributed by atoms with Gasteiger partial charge < -0.3 is 10.0 Å². The number of fused-ring (bicyclic) bond motifs is 1. The molecule has 6 heteroatoms. The average molecular weight is 277 g/mol. The van der Waals surface area contributed by atoms with Gasteiger partial charge in [0.2, 0.25) is 0 Å². The van der Waals surface area contributed by atoms with E-state index in [-0.39, 0.29) is 6.42 Å². The van der Waals surface area contributed by atoms with Crippen LogP contribution in [0.15, 0.2) is 12.1 Å². The van der Waals surface area contributed by atoms with Crippen LogP contribution in [0, 0.1) is 0 Å². The zero-order valence-electron chi connectivity index (χ0n) is 10.5. The molecule has 0 amide bonds. The summed E-state index contributed by atoms with van der Waals surface area (Å²) in [6, 6.07) is 3.99. The van der Waals surface area contributed by atoms with E-state index < -0.39 is 5.97 Å². The van der Waals surface area contributed by atoms with E-state index in [1.807, 2.05) is 12.1 Å². The monoisotopic (exact) mass is 277 g/mol. The van der Waals surface area contributed by atoms with Gasteiger partial charge in [0, 0.05) is 19.5 Å². The zero-order chi connectivity index (χ0) is 13.2. The molecule has 1 fully saturated rings. The lowest BCUT2D eigenvalue weighted by molar-refractivity contribution is -0.136. The van der Waals surface area contributed by atoms with Gasteiger partial charge in [0.25, 0.3) is 0 Å². The molecule has 1 N–H and O–H groups in total. The van der Waals surface area contributed by atoms with Crippen molar-refractivity contribution >= 4 is 33.5 Å². The second-order valence-corrected chi connectivity index (χ2v) is 5.75. The lowest BCUT2D eigenvalue weighted by Crippen LogP contribution is -2.18. The second kappa shape index (κ2) is 5.13. The summed E-state index contributed by atoms with van der Waals surface area (Å²) in [5.74, 6) is 0.225. The number of carboxylic acid groups (broad SMARTS) is 1. The van der Waals surface area contributed by atoms with Crippen molar-refractivity contribution in [2.45, 2.75) is 25.7 Å². The standard InChI is InChI=1S/C13H15N3O2S/c17-12(18)6-5-11-14-9-3-4-10(15-13(9)19-11)16-7-1-2-8-16/h3-4H,1-2,5-8H2,(H,17,18). The molecule has 5 nitrogen and oxygen atoms in total. The van der Waals surface area contributed by atoms with Crippen LogP contribution < -0.4 is 4.90 Å². The Morgan fingerprint density at radius 1 is 1.32 bits per heavy atom. The molecule has 3 heterocycles. The molecule has 0 aliphatic carbocycles. The fraction of sp³-hybridized carbons (Fsp3) is 0.462. The highest BCUT2D eigenvalue weighted by molar-refractivity contribution is 7.18. The third kappa shape index (κ3) is 2.68. The van der Waals surface area contributed by atoms with Crippen LogP contribution in [0.25, 0.3) is 10.3 Å². The first-order valence-corrected chi connectivity index (χ1v) is 7.27. The van der Waals surface area contributed by atoms with Gasteiger partial charge in [-0.3, -0.25) is 4.79 Å². The van der Waals surface area contributed by atoms with E-state index in [9.17, 15) is 4.79 Å². The Morgan fingerprint density at radius 3 is 2.84 bits per heavy atom. The van der Waals surface area contributed by atoms with Gasteiger partial charge in [0.05, 0.1) is 11.4 Å². The van der Waals surface area contributed by atoms with Crippen molar-refractivity contribution in [3.05, 3.63) is 17.1 Å². The number of nitrogens with zero attached hydrogens (tertiary/aromatic N) is 3. The van der Waals surface area contributed by atoms with Gasteiger partial charge in [-0.15, -0.1) is 0 Å². The van der Waals surface area contributed by atoms with E-state index >= 15 is 0 Å². The topological polar surface area (TPSA) is 66.3 Å². The van der Waals surface area contributed by atoms with E-state index in [0.717, 1.165) is 34.3 Å². The van der Waals surface area contributed by atoms with E-state index in [2.05, 4.69) is 14.9 Å². The predicted octanol–water partition coefficient (Wildman–Crippen LogP) is 2.31. The van der Waals surface area contributed by atoms with Crippen LogP contribution in [0.4, 0.5) is 5.82 Å². The van der Waals surface area contributed by atoms with Crippen LogP contribution in [-0.2, 0) is 11.2 Å². The van der Waals surface area contributed by atoms with Crippen molar-refractivity contribution in [1.29, 1.82) is 0 Å². The highest BCUT2D eigenvalue weighted by Crippen LogP contribution is 2.25. The Labute approximate surface area is 114 Å². The summed E-state index contributed by atoms with van der Waals surface area (Å²) in [7, 11) is 0. The Bertz CT molecular complexity index is 605. The van der Waals surface area contributed by atoms with Crippen LogP contribution >= 0.6 is 11.3 Å². The molecule has 0 unspecified atom stereocenters. The van der Waals surface area contributed by atoms with Gasteiger partial charge in [-0.05, 0) is 25.0 Å². The molecule has 0 bridgehead atoms. The molecule has 1 aliphatic rings. The van der Waals surface area contributed by atoms with Crippen LogP contribution in [-0.4, -0.2) is 34.1 Å². The molecule has 2 aromatic heterocycles. The normalized spacial score (nSPS) is 15.3. The molecule has 0 saturated carbocycles. The smallest absolute Gasteiger partial charge is 0.303 e. The summed E-state index contributed by atoms with van der Waals surface area (Å²) in [5.41, 5.74) is 0.869. The Morgan fingerprint density at radius 2 is 2.11 bits per heavy atom. The summed E-state index contributed by atoms with van der Waals surface area (Å²) >= 11 is 1.50. The van der Waals surface area contributed by atoms with Crippen molar-refractivity contribution in [2.24, 2.45) is 0 Å². The van der Waals surface area contributed by atoms with Crippen LogP contribution in [0.3, 0.4) is 0 Å². The maximum atomic E-state index is 10.6. The van der Waals surface area contributed by atoms with Gasteiger partial charge in [0.1, 0.15) is 16.2 Å². The number of rotatable bonds is 4. The maximum absolute atomic E-state index is 10.6. The van der Waals surface area contributed by atoms with E-state index in [1.54, 1.807) is 0 Å². The van der Waals surface area contributed by atoms with Crippen LogP contribution in [0.5, 0.6) is 0 Å². The fourth-order valence-electron chi connectivity index (χ4n) is 2.30. The number of anilines is 1. The van der Waals surface area contributed by atoms with Crippen LogP contribution in [0.2, 0.25) is 0 Å². The number of carboxylic acids is 1. The quantitative estimate of drug-likeness (QED) is 0.929. The summed E-state index contributed by atoms with van der Waals surface area (Å²) in [4.78, 5) is 22.8. The van der Waals surface area contributed by atoms with Gasteiger partial charge in [0.15, 0.2) is 0 Å². The van der Waals surface area contributed by atoms with E-state index in [4.69, 9.17) is 5.11 Å². The zero-order valence-corrected chi connectivity index (χ0v) is 11.3. The third-order valence-corrected chi connectivity index (χ3v) is 4.29. The van der Waals surface area contributed by atoms with Crippen LogP contribution in [0.1, 0.15) is 24.3 Å². The minimum atomic E-state index is -0.787. The highest BCUT2D eigenvalue weighted by Gasteiger charge is 2.15. The lowest BCUT2D eigenvalue weighted by atomic mass is 10.3. The summed E-state index contributed by atoms with van der Waals surface area (Å²) < 4.78 is 0. The molecule has 100 valence electrons. The SMILES string of the molecule is O=C(O)CCc1nc2ccc(N3CCCC3)nc2s1. The molecule has 3 rings (SSSR count). The molecule has 0 radical (unpaired) electrons. The first-order valence-electron chi connectivity index (χ1n) is 6.45. The molecule has 2 aromatic rings. The Balaban J connectivity index is 1.84. The average Bonchev–Trinajstić information content (AvgIpc) is 3.04. The molecule has 0 spiro atoms. The number of pyridine rings is 1. The molecule has 0 atom stereocenters. The van der Waals surface area contributed by atoms with E-state index in [1.165, 1.54) is 24.2 Å². The second-order valence-electron chi connectivity index (χ2n) is 4.69. The number of hydrogen-bond acceptors (Lipinski definition) is 5. The molecular formula is C13H15N3O2S. The number of thiazole rings is 1. The summed E-state index contributed by atoms with van der Waals surface area (Å²) in [6.45, 7) is 2.15. The fourth-order valence-corrected chi connectivity index (χ4v) is 3.22. The first kappa shape index (κ1) is 12.3. The van der Waals surface area contributed by atoms with Gasteiger partial charge in [-0.1, -0.05) is 11.3 Å². The van der Waals surface area contributed by atoms with E-state index in [0.29, 0.717) is 6.42 Å². The molecular weight excluding hydrogens is 262 g/mol. The number of carbonyl (C=O) groups is 1. The highest BCUT2D eigenvalue weighted by atomic mass is 32.1.